The maximum atomic E-state index is 10.9. The van der Waals surface area contributed by atoms with Crippen LogP contribution >= 0.6 is 23.1 Å². The Kier molecular flexibility index (Phi) is 2.96. The van der Waals surface area contributed by atoms with Gasteiger partial charge in [-0.3, -0.25) is 4.79 Å². The molecule has 3 nitrogen and oxygen atoms in total. The second-order valence-electron chi connectivity index (χ2n) is 2.40. The van der Waals surface area contributed by atoms with E-state index in [0.717, 1.165) is 4.21 Å². The van der Waals surface area contributed by atoms with Crippen LogP contribution in [0.15, 0.2) is 4.21 Å². The summed E-state index contributed by atoms with van der Waals surface area (Å²) in [5, 5.41) is 8.82. The molecule has 13 heavy (non-hydrogen) atoms. The number of nitriles is 1. The molecular weight excluding hydrogens is 204 g/mol. The summed E-state index contributed by atoms with van der Waals surface area (Å²) >= 11 is 2.75. The number of thiophene rings is 1. The Morgan fingerprint density at radius 3 is 2.62 bits per heavy atom. The van der Waals surface area contributed by atoms with Gasteiger partial charge in [-0.15, -0.1) is 23.1 Å². The lowest BCUT2D eigenvalue weighted by molar-refractivity contribution is 0.100. The van der Waals surface area contributed by atoms with Gasteiger partial charge in [0.15, 0.2) is 0 Å². The summed E-state index contributed by atoms with van der Waals surface area (Å²) in [7, 11) is 0. The van der Waals surface area contributed by atoms with Gasteiger partial charge in [0.1, 0.15) is 6.07 Å². The van der Waals surface area contributed by atoms with Crippen LogP contribution in [0.3, 0.4) is 0 Å². The van der Waals surface area contributed by atoms with E-state index in [0.29, 0.717) is 16.0 Å². The summed E-state index contributed by atoms with van der Waals surface area (Å²) in [6.07, 6.45) is 1.87. The number of thioether (sulfide) groups is 1. The molecule has 1 aromatic heterocycles. The Balaban J connectivity index is 3.37. The quantitative estimate of drug-likeness (QED) is 0.759. The van der Waals surface area contributed by atoms with E-state index in [1.807, 2.05) is 6.26 Å². The molecule has 0 fully saturated rings. The van der Waals surface area contributed by atoms with Crippen molar-refractivity contribution in [3.05, 3.63) is 16.0 Å². The minimum atomic E-state index is -0.459. The van der Waals surface area contributed by atoms with Crippen molar-refractivity contribution in [2.75, 3.05) is 6.26 Å². The minimum Gasteiger partial charge on any atom is -0.365 e. The van der Waals surface area contributed by atoms with E-state index >= 15 is 0 Å². The molecular formula is C8H8N2OS2. The van der Waals surface area contributed by atoms with Crippen molar-refractivity contribution in [3.8, 4) is 6.07 Å². The molecule has 0 aromatic carbocycles. The number of nitrogens with two attached hydrogens (primary N) is 1. The SMILES string of the molecule is CSc1sc(C(N)=O)c(C)c1C#N. The van der Waals surface area contributed by atoms with Crippen LogP contribution in [0.4, 0.5) is 0 Å². The van der Waals surface area contributed by atoms with Crippen molar-refractivity contribution in [1.29, 1.82) is 5.26 Å². The fourth-order valence-corrected chi connectivity index (χ4v) is 2.82. The topological polar surface area (TPSA) is 66.9 Å². The number of carbonyl (C=O) groups excluding carboxylic acids is 1. The predicted octanol–water partition coefficient (Wildman–Crippen LogP) is 1.75. The second kappa shape index (κ2) is 3.81. The summed E-state index contributed by atoms with van der Waals surface area (Å²) in [5.41, 5.74) is 6.43. The van der Waals surface area contributed by atoms with Gasteiger partial charge in [0, 0.05) is 0 Å². The number of amides is 1. The first-order valence-corrected chi connectivity index (χ1v) is 5.53. The van der Waals surface area contributed by atoms with Crippen LogP contribution in [0.25, 0.3) is 0 Å². The lowest BCUT2D eigenvalue weighted by Crippen LogP contribution is -2.10. The average Bonchev–Trinajstić information content (AvgIpc) is 2.41. The first kappa shape index (κ1) is 10.1. The van der Waals surface area contributed by atoms with E-state index in [-0.39, 0.29) is 0 Å². The Morgan fingerprint density at radius 2 is 2.31 bits per heavy atom. The summed E-state index contributed by atoms with van der Waals surface area (Å²) in [6.45, 7) is 1.74. The molecule has 0 atom stereocenters. The van der Waals surface area contributed by atoms with Crippen LogP contribution in [0.2, 0.25) is 0 Å². The Labute approximate surface area is 84.5 Å². The van der Waals surface area contributed by atoms with Gasteiger partial charge in [-0.1, -0.05) is 0 Å². The van der Waals surface area contributed by atoms with Gasteiger partial charge >= 0.3 is 0 Å². The molecule has 1 rings (SSSR count). The van der Waals surface area contributed by atoms with Gasteiger partial charge in [0.25, 0.3) is 5.91 Å². The number of rotatable bonds is 2. The monoisotopic (exact) mass is 212 g/mol. The zero-order valence-electron chi connectivity index (χ0n) is 7.25. The van der Waals surface area contributed by atoms with Crippen LogP contribution in [-0.4, -0.2) is 12.2 Å². The highest BCUT2D eigenvalue weighted by atomic mass is 32.2. The van der Waals surface area contributed by atoms with Gasteiger partial charge < -0.3 is 5.73 Å². The number of nitrogens with zero attached hydrogens (tertiary/aromatic N) is 1. The van der Waals surface area contributed by atoms with Gasteiger partial charge in [-0.25, -0.2) is 0 Å². The highest BCUT2D eigenvalue weighted by Crippen LogP contribution is 2.33. The van der Waals surface area contributed by atoms with Crippen LogP contribution in [0, 0.1) is 18.3 Å². The van der Waals surface area contributed by atoms with E-state index in [1.165, 1.54) is 23.1 Å². The predicted molar refractivity (Wildman–Crippen MR) is 54.1 cm³/mol. The molecule has 0 aliphatic rings. The maximum absolute atomic E-state index is 10.9. The first-order valence-electron chi connectivity index (χ1n) is 3.49. The van der Waals surface area contributed by atoms with E-state index in [1.54, 1.807) is 6.92 Å². The third-order valence-corrected chi connectivity index (χ3v) is 4.06. The van der Waals surface area contributed by atoms with Gasteiger partial charge in [0.2, 0.25) is 0 Å². The fourth-order valence-electron chi connectivity index (χ4n) is 0.995. The summed E-state index contributed by atoms with van der Waals surface area (Å²) in [6, 6.07) is 2.07. The second-order valence-corrected chi connectivity index (χ2v) is 4.49. The standard InChI is InChI=1S/C8H8N2OS2/c1-4-5(3-9)8(12-2)13-6(4)7(10)11/h1-2H3,(H2,10,11). The first-order chi connectivity index (χ1) is 6.11. The lowest BCUT2D eigenvalue weighted by atomic mass is 10.2. The Morgan fingerprint density at radius 1 is 1.69 bits per heavy atom. The normalized spacial score (nSPS) is 9.62. The highest BCUT2D eigenvalue weighted by Gasteiger charge is 2.17. The molecule has 1 amide bonds. The minimum absolute atomic E-state index is 0.459. The summed E-state index contributed by atoms with van der Waals surface area (Å²) in [4.78, 5) is 11.4. The van der Waals surface area contributed by atoms with Gasteiger partial charge in [-0.2, -0.15) is 5.26 Å². The molecule has 2 N–H and O–H groups in total. The molecule has 0 spiro atoms. The van der Waals surface area contributed by atoms with Crippen LogP contribution < -0.4 is 5.73 Å². The van der Waals surface area contributed by atoms with Crippen molar-refractivity contribution in [3.63, 3.8) is 0 Å². The Bertz CT molecular complexity index is 390. The third kappa shape index (κ3) is 1.69. The van der Waals surface area contributed by atoms with Crippen molar-refractivity contribution in [2.24, 2.45) is 5.73 Å². The van der Waals surface area contributed by atoms with Crippen LogP contribution in [-0.2, 0) is 0 Å². The van der Waals surface area contributed by atoms with Gasteiger partial charge in [-0.05, 0) is 18.7 Å². The van der Waals surface area contributed by atoms with E-state index in [9.17, 15) is 4.79 Å². The van der Waals surface area contributed by atoms with E-state index < -0.39 is 5.91 Å². The molecule has 1 heterocycles. The molecule has 0 saturated heterocycles. The summed E-state index contributed by atoms with van der Waals surface area (Å²) in [5.74, 6) is -0.459. The number of hydrogen-bond acceptors (Lipinski definition) is 4. The zero-order valence-corrected chi connectivity index (χ0v) is 8.88. The zero-order chi connectivity index (χ0) is 10.0. The van der Waals surface area contributed by atoms with Gasteiger partial charge in [0.05, 0.1) is 14.6 Å². The largest absolute Gasteiger partial charge is 0.365 e. The Hall–Kier alpha value is -0.990. The van der Waals surface area contributed by atoms with Crippen molar-refractivity contribution in [1.82, 2.24) is 0 Å². The highest BCUT2D eigenvalue weighted by molar-refractivity contribution is 8.00. The molecule has 0 aliphatic heterocycles. The van der Waals surface area contributed by atoms with E-state index in [2.05, 4.69) is 6.07 Å². The summed E-state index contributed by atoms with van der Waals surface area (Å²) < 4.78 is 0.855. The van der Waals surface area contributed by atoms with Crippen molar-refractivity contribution < 1.29 is 4.79 Å². The smallest absolute Gasteiger partial charge is 0.259 e. The van der Waals surface area contributed by atoms with Crippen LogP contribution in [0.1, 0.15) is 20.8 Å². The molecule has 5 heteroatoms. The molecule has 0 radical (unpaired) electrons. The molecule has 68 valence electrons. The molecule has 0 saturated carbocycles. The third-order valence-electron chi connectivity index (χ3n) is 1.64. The fraction of sp³-hybridized carbons (Fsp3) is 0.250. The molecule has 0 unspecified atom stereocenters. The van der Waals surface area contributed by atoms with Crippen molar-refractivity contribution >= 4 is 29.0 Å². The maximum Gasteiger partial charge on any atom is 0.259 e. The number of primary amides is 1. The number of hydrogen-bond donors (Lipinski definition) is 1. The van der Waals surface area contributed by atoms with Crippen molar-refractivity contribution in [2.45, 2.75) is 11.1 Å². The number of carbonyl (C=O) groups is 1. The molecule has 0 bridgehead atoms. The van der Waals surface area contributed by atoms with Crippen LogP contribution in [0.5, 0.6) is 0 Å². The lowest BCUT2D eigenvalue weighted by Gasteiger charge is -1.90. The van der Waals surface area contributed by atoms with E-state index in [4.69, 9.17) is 11.0 Å². The molecule has 1 aromatic rings. The molecule has 0 aliphatic carbocycles. The average molecular weight is 212 g/mol.